The van der Waals surface area contributed by atoms with Gasteiger partial charge in [0.1, 0.15) is 0 Å². The molecule has 1 saturated carbocycles. The number of carbonyl (C=O) groups excluding carboxylic acids is 1. The number of benzene rings is 1. The third kappa shape index (κ3) is 7.79. The standard InChI is InChI=1S/C24H40N6O.HI/c1-4-29(22-10-5-7-20(2)19-22)14-12-27-24(25-3)26-11-13-28-15-17-30(18-16-28)23(31)21-8-6-9-21;/h5,7,10,19,21H,4,6,8-9,11-18H2,1-3H3,(H2,25,26,27);1H. The molecule has 1 heterocycles. The van der Waals surface area contributed by atoms with Crippen molar-refractivity contribution in [3.63, 3.8) is 0 Å². The van der Waals surface area contributed by atoms with Gasteiger partial charge < -0.3 is 20.4 Å². The zero-order valence-corrected chi connectivity index (χ0v) is 22.3. The van der Waals surface area contributed by atoms with Crippen LogP contribution in [-0.4, -0.2) is 87.6 Å². The minimum absolute atomic E-state index is 0. The van der Waals surface area contributed by atoms with Crippen molar-refractivity contribution >= 4 is 41.5 Å². The van der Waals surface area contributed by atoms with E-state index in [0.29, 0.717) is 11.8 Å². The molecule has 8 heteroatoms. The van der Waals surface area contributed by atoms with Crippen molar-refractivity contribution in [3.05, 3.63) is 29.8 Å². The van der Waals surface area contributed by atoms with E-state index < -0.39 is 0 Å². The van der Waals surface area contributed by atoms with E-state index in [9.17, 15) is 4.79 Å². The van der Waals surface area contributed by atoms with Crippen LogP contribution in [0.15, 0.2) is 29.3 Å². The Kier molecular flexibility index (Phi) is 11.6. The summed E-state index contributed by atoms with van der Waals surface area (Å²) in [6.07, 6.45) is 3.41. The third-order valence-electron chi connectivity index (χ3n) is 6.51. The number of rotatable bonds is 9. The summed E-state index contributed by atoms with van der Waals surface area (Å²) in [6, 6.07) is 8.65. The summed E-state index contributed by atoms with van der Waals surface area (Å²) in [5.41, 5.74) is 2.55. The molecule has 0 atom stereocenters. The number of aryl methyl sites for hydroxylation is 1. The number of amides is 1. The van der Waals surface area contributed by atoms with Crippen molar-refractivity contribution in [2.24, 2.45) is 10.9 Å². The number of hydrogen-bond donors (Lipinski definition) is 2. The highest BCUT2D eigenvalue weighted by atomic mass is 127. The van der Waals surface area contributed by atoms with Gasteiger partial charge in [0.15, 0.2) is 5.96 Å². The minimum Gasteiger partial charge on any atom is -0.370 e. The number of anilines is 1. The lowest BCUT2D eigenvalue weighted by Crippen LogP contribution is -2.52. The van der Waals surface area contributed by atoms with Crippen LogP contribution in [-0.2, 0) is 4.79 Å². The highest BCUT2D eigenvalue weighted by Crippen LogP contribution is 2.28. The molecule has 2 fully saturated rings. The second-order valence-electron chi connectivity index (χ2n) is 8.64. The van der Waals surface area contributed by atoms with Crippen LogP contribution in [0.2, 0.25) is 0 Å². The summed E-state index contributed by atoms with van der Waals surface area (Å²) in [4.78, 5) is 23.6. The summed E-state index contributed by atoms with van der Waals surface area (Å²) in [5, 5.41) is 6.86. The zero-order valence-electron chi connectivity index (χ0n) is 20.0. The first-order chi connectivity index (χ1) is 15.1. The zero-order chi connectivity index (χ0) is 22.1. The van der Waals surface area contributed by atoms with E-state index in [4.69, 9.17) is 0 Å². The summed E-state index contributed by atoms with van der Waals surface area (Å²) < 4.78 is 0. The van der Waals surface area contributed by atoms with Crippen LogP contribution in [0.3, 0.4) is 0 Å². The largest absolute Gasteiger partial charge is 0.370 e. The summed E-state index contributed by atoms with van der Waals surface area (Å²) in [6.45, 7) is 12.6. The summed E-state index contributed by atoms with van der Waals surface area (Å²) >= 11 is 0. The fourth-order valence-corrected chi connectivity index (χ4v) is 4.26. The predicted molar refractivity (Wildman–Crippen MR) is 144 cm³/mol. The van der Waals surface area contributed by atoms with Gasteiger partial charge in [-0.25, -0.2) is 0 Å². The molecule has 1 saturated heterocycles. The summed E-state index contributed by atoms with van der Waals surface area (Å²) in [5.74, 6) is 1.55. The van der Waals surface area contributed by atoms with Gasteiger partial charge in [-0.1, -0.05) is 18.6 Å². The molecule has 2 N–H and O–H groups in total. The van der Waals surface area contributed by atoms with Gasteiger partial charge in [0.2, 0.25) is 5.91 Å². The van der Waals surface area contributed by atoms with Gasteiger partial charge in [0, 0.05) is 77.6 Å². The van der Waals surface area contributed by atoms with E-state index in [1.165, 1.54) is 17.7 Å². The Morgan fingerprint density at radius 2 is 1.88 bits per heavy atom. The molecule has 0 radical (unpaired) electrons. The molecule has 0 bridgehead atoms. The molecular weight excluding hydrogens is 515 g/mol. The van der Waals surface area contributed by atoms with Crippen LogP contribution in [0.25, 0.3) is 0 Å². The number of halogens is 1. The van der Waals surface area contributed by atoms with Gasteiger partial charge in [-0.15, -0.1) is 24.0 Å². The molecule has 0 unspecified atom stereocenters. The van der Waals surface area contributed by atoms with Crippen molar-refractivity contribution in [1.29, 1.82) is 0 Å². The van der Waals surface area contributed by atoms with Crippen LogP contribution < -0.4 is 15.5 Å². The monoisotopic (exact) mass is 556 g/mol. The molecule has 32 heavy (non-hydrogen) atoms. The lowest BCUT2D eigenvalue weighted by Gasteiger charge is -2.38. The van der Waals surface area contributed by atoms with Crippen molar-refractivity contribution in [2.45, 2.75) is 33.1 Å². The van der Waals surface area contributed by atoms with E-state index in [2.05, 4.69) is 68.4 Å². The van der Waals surface area contributed by atoms with Gasteiger partial charge in [-0.05, 0) is 44.4 Å². The Hall–Kier alpha value is -1.55. The van der Waals surface area contributed by atoms with Gasteiger partial charge in [0.25, 0.3) is 0 Å². The highest BCUT2D eigenvalue weighted by Gasteiger charge is 2.30. The van der Waals surface area contributed by atoms with Crippen molar-refractivity contribution < 1.29 is 4.79 Å². The van der Waals surface area contributed by atoms with Crippen LogP contribution in [0.4, 0.5) is 5.69 Å². The van der Waals surface area contributed by atoms with Crippen LogP contribution >= 0.6 is 24.0 Å². The normalized spacial score (nSPS) is 17.3. The molecule has 3 rings (SSSR count). The molecule has 7 nitrogen and oxygen atoms in total. The topological polar surface area (TPSA) is 63.2 Å². The van der Waals surface area contributed by atoms with Crippen molar-refractivity contribution in [2.75, 3.05) is 70.9 Å². The Morgan fingerprint density at radius 1 is 1.16 bits per heavy atom. The maximum Gasteiger partial charge on any atom is 0.225 e. The Morgan fingerprint density at radius 3 is 2.47 bits per heavy atom. The van der Waals surface area contributed by atoms with E-state index in [1.807, 2.05) is 7.05 Å². The van der Waals surface area contributed by atoms with Gasteiger partial charge in [0.05, 0.1) is 0 Å². The number of likely N-dealkylation sites (N-methyl/N-ethyl adjacent to an activating group) is 1. The number of aliphatic imine (C=N–C) groups is 1. The molecule has 1 aromatic rings. The molecule has 2 aliphatic rings. The lowest BCUT2D eigenvalue weighted by molar-refractivity contribution is -0.139. The second kappa shape index (κ2) is 13.9. The molecule has 1 amide bonds. The number of hydrogen-bond acceptors (Lipinski definition) is 4. The minimum atomic E-state index is 0. The molecule has 1 aromatic carbocycles. The average molecular weight is 557 g/mol. The molecule has 1 aliphatic heterocycles. The Labute approximate surface area is 211 Å². The Bertz CT molecular complexity index is 731. The molecule has 0 aromatic heterocycles. The number of nitrogens with one attached hydrogen (secondary N) is 2. The average Bonchev–Trinajstić information content (AvgIpc) is 2.74. The molecule has 180 valence electrons. The van der Waals surface area contributed by atoms with Crippen LogP contribution in [0, 0.1) is 12.8 Å². The smallest absolute Gasteiger partial charge is 0.225 e. The van der Waals surface area contributed by atoms with E-state index in [-0.39, 0.29) is 24.0 Å². The number of carbonyl (C=O) groups is 1. The van der Waals surface area contributed by atoms with Crippen molar-refractivity contribution in [3.8, 4) is 0 Å². The van der Waals surface area contributed by atoms with Gasteiger partial charge in [-0.2, -0.15) is 0 Å². The molecular formula is C24H41IN6O. The summed E-state index contributed by atoms with van der Waals surface area (Å²) in [7, 11) is 1.82. The fraction of sp³-hybridized carbons (Fsp3) is 0.667. The molecule has 0 spiro atoms. The first-order valence-electron chi connectivity index (χ1n) is 11.9. The fourth-order valence-electron chi connectivity index (χ4n) is 4.26. The van der Waals surface area contributed by atoms with Crippen molar-refractivity contribution in [1.82, 2.24) is 20.4 Å². The van der Waals surface area contributed by atoms with E-state index in [1.54, 1.807) is 0 Å². The lowest BCUT2D eigenvalue weighted by atomic mass is 9.84. The Balaban J connectivity index is 0.00000363. The number of nitrogens with zero attached hydrogens (tertiary/aromatic N) is 4. The highest BCUT2D eigenvalue weighted by molar-refractivity contribution is 14.0. The first kappa shape index (κ1) is 26.7. The number of piperazine rings is 1. The maximum atomic E-state index is 12.4. The van der Waals surface area contributed by atoms with Crippen LogP contribution in [0.1, 0.15) is 31.7 Å². The molecule has 1 aliphatic carbocycles. The SMILES string of the molecule is CCN(CCNC(=NC)NCCN1CCN(C(=O)C2CCC2)CC1)c1cccc(C)c1.I. The quantitative estimate of drug-likeness (QED) is 0.278. The first-order valence-corrected chi connectivity index (χ1v) is 11.9. The van der Waals surface area contributed by atoms with Crippen LogP contribution in [0.5, 0.6) is 0 Å². The van der Waals surface area contributed by atoms with Gasteiger partial charge >= 0.3 is 0 Å². The predicted octanol–water partition coefficient (Wildman–Crippen LogP) is 2.55. The number of guanidine groups is 1. The third-order valence-corrected chi connectivity index (χ3v) is 6.51. The van der Waals surface area contributed by atoms with Gasteiger partial charge in [-0.3, -0.25) is 14.7 Å². The second-order valence-corrected chi connectivity index (χ2v) is 8.64. The maximum absolute atomic E-state index is 12.4. The van der Waals surface area contributed by atoms with E-state index >= 15 is 0 Å². The van der Waals surface area contributed by atoms with E-state index in [0.717, 1.165) is 77.7 Å².